The number of hydrogen-bond donors (Lipinski definition) is 0. The Bertz CT molecular complexity index is 155. The molecule has 0 saturated heterocycles. The molecule has 0 aromatic carbocycles. The molecule has 0 fully saturated rings. The van der Waals surface area contributed by atoms with Crippen molar-refractivity contribution >= 4 is 0 Å². The van der Waals surface area contributed by atoms with Gasteiger partial charge in [0.25, 0.3) is 0 Å². The van der Waals surface area contributed by atoms with Gasteiger partial charge in [-0.3, -0.25) is 12.2 Å². The van der Waals surface area contributed by atoms with Crippen LogP contribution in [-0.4, -0.2) is 0 Å². The SMILES string of the molecule is [C-]1=CC=CC1.[C-]1=CC=CC1.[CH2-]CC.[Lu+3]. The Labute approximate surface area is 118 Å². The van der Waals surface area contributed by atoms with Crippen LogP contribution in [0.15, 0.2) is 36.5 Å². The fraction of sp³-hybridized carbons (Fsp3) is 0.308. The van der Waals surface area contributed by atoms with E-state index in [-0.39, 0.29) is 36.9 Å². The average molecular weight is 348 g/mol. The van der Waals surface area contributed by atoms with Crippen molar-refractivity contribution in [2.45, 2.75) is 26.2 Å². The van der Waals surface area contributed by atoms with E-state index >= 15 is 0 Å². The molecule has 0 heterocycles. The van der Waals surface area contributed by atoms with Crippen molar-refractivity contribution in [3.8, 4) is 0 Å². The predicted octanol–water partition coefficient (Wildman–Crippen LogP) is 3.84. The molecule has 0 aliphatic heterocycles. The van der Waals surface area contributed by atoms with Gasteiger partial charge >= 0.3 is 36.9 Å². The van der Waals surface area contributed by atoms with Crippen LogP contribution < -0.4 is 0 Å². The Balaban J connectivity index is 0. The molecule has 0 amide bonds. The quantitative estimate of drug-likeness (QED) is 0.584. The first kappa shape index (κ1) is 16.6. The van der Waals surface area contributed by atoms with E-state index in [9.17, 15) is 0 Å². The van der Waals surface area contributed by atoms with Crippen LogP contribution in [0.2, 0.25) is 0 Å². The second kappa shape index (κ2) is 15.7. The Hall–Kier alpha value is 0.194. The van der Waals surface area contributed by atoms with E-state index in [0.717, 1.165) is 19.3 Å². The average Bonchev–Trinajstić information content (AvgIpc) is 2.85. The topological polar surface area (TPSA) is 0 Å². The summed E-state index contributed by atoms with van der Waals surface area (Å²) in [7, 11) is 0. The summed E-state index contributed by atoms with van der Waals surface area (Å²) >= 11 is 0. The van der Waals surface area contributed by atoms with Gasteiger partial charge in [-0.2, -0.15) is 18.6 Å². The van der Waals surface area contributed by atoms with Gasteiger partial charge in [0.2, 0.25) is 0 Å². The van der Waals surface area contributed by atoms with Crippen LogP contribution in [-0.2, 0) is 0 Å². The van der Waals surface area contributed by atoms with Gasteiger partial charge in [0.15, 0.2) is 0 Å². The minimum absolute atomic E-state index is 0. The van der Waals surface area contributed by atoms with E-state index in [1.807, 2.05) is 31.2 Å². The summed E-state index contributed by atoms with van der Waals surface area (Å²) in [5.74, 6) is 0. The summed E-state index contributed by atoms with van der Waals surface area (Å²) in [5, 5.41) is 0. The van der Waals surface area contributed by atoms with Crippen molar-refractivity contribution in [2.24, 2.45) is 0 Å². The molecule has 2 aliphatic rings. The Morgan fingerprint density at radius 3 is 1.50 bits per heavy atom. The summed E-state index contributed by atoms with van der Waals surface area (Å²) in [4.78, 5) is 0. The van der Waals surface area contributed by atoms with Crippen molar-refractivity contribution < 1.29 is 36.9 Å². The summed E-state index contributed by atoms with van der Waals surface area (Å²) < 4.78 is 0. The third-order valence-corrected chi connectivity index (χ3v) is 1.17. The number of hydrogen-bond acceptors (Lipinski definition) is 0. The van der Waals surface area contributed by atoms with Crippen LogP contribution >= 0.6 is 0 Å². The van der Waals surface area contributed by atoms with Crippen LogP contribution in [0.25, 0.3) is 0 Å². The van der Waals surface area contributed by atoms with Crippen molar-refractivity contribution in [1.82, 2.24) is 0 Å². The largest absolute Gasteiger partial charge is 3.00 e. The van der Waals surface area contributed by atoms with E-state index in [1.165, 1.54) is 0 Å². The molecule has 14 heavy (non-hydrogen) atoms. The molecule has 0 atom stereocenters. The first-order chi connectivity index (χ1) is 6.41. The fourth-order valence-electron chi connectivity index (χ4n) is 0.680. The van der Waals surface area contributed by atoms with Crippen molar-refractivity contribution in [2.75, 3.05) is 0 Å². The van der Waals surface area contributed by atoms with Gasteiger partial charge in [-0.1, -0.05) is 6.92 Å². The molecule has 2 aliphatic carbocycles. The van der Waals surface area contributed by atoms with Crippen LogP contribution in [0.3, 0.4) is 0 Å². The second-order valence-corrected chi connectivity index (χ2v) is 2.51. The van der Waals surface area contributed by atoms with Gasteiger partial charge in [-0.25, -0.2) is 24.3 Å². The summed E-state index contributed by atoms with van der Waals surface area (Å²) in [5.41, 5.74) is 0. The second-order valence-electron chi connectivity index (χ2n) is 2.51. The van der Waals surface area contributed by atoms with Crippen LogP contribution in [0.5, 0.6) is 0 Å². The van der Waals surface area contributed by atoms with E-state index in [1.54, 1.807) is 0 Å². The smallest absolute Gasteiger partial charge is 0.344 e. The number of allylic oxidation sites excluding steroid dienone is 8. The van der Waals surface area contributed by atoms with Gasteiger partial charge in [-0.15, -0.1) is 12.8 Å². The minimum atomic E-state index is 0. The molecule has 0 saturated carbocycles. The third-order valence-electron chi connectivity index (χ3n) is 1.17. The predicted molar refractivity (Wildman–Crippen MR) is 58.8 cm³/mol. The first-order valence-electron chi connectivity index (χ1n) is 4.64. The zero-order valence-corrected chi connectivity index (χ0v) is 10.2. The van der Waals surface area contributed by atoms with Gasteiger partial charge in [0, 0.05) is 0 Å². The maximum absolute atomic E-state index is 3.49. The molecule has 1 heteroatoms. The van der Waals surface area contributed by atoms with Crippen LogP contribution in [0.4, 0.5) is 0 Å². The van der Waals surface area contributed by atoms with Gasteiger partial charge < -0.3 is 6.92 Å². The first-order valence-corrected chi connectivity index (χ1v) is 4.64. The minimum Gasteiger partial charge on any atom is -0.344 e. The van der Waals surface area contributed by atoms with Gasteiger partial charge in [0.05, 0.1) is 0 Å². The molecule has 0 radical (unpaired) electrons. The molecule has 84 valence electrons. The normalized spacial score (nSPS) is 13.9. The van der Waals surface area contributed by atoms with Gasteiger partial charge in [0.1, 0.15) is 0 Å². The maximum Gasteiger partial charge on any atom is 3.00 e. The standard InChI is InChI=1S/2C5H5.C3H7.Lu/c2*1-2-4-5-3-1;1-3-2;/h2*1-3H,4H2;1,3H2,2H3;/q3*-1;+3. The summed E-state index contributed by atoms with van der Waals surface area (Å²) in [6.07, 6.45) is 21.0. The van der Waals surface area contributed by atoms with E-state index in [2.05, 4.69) is 31.2 Å². The Morgan fingerprint density at radius 2 is 1.43 bits per heavy atom. The van der Waals surface area contributed by atoms with E-state index in [4.69, 9.17) is 0 Å². The van der Waals surface area contributed by atoms with E-state index < -0.39 is 0 Å². The molecule has 0 bridgehead atoms. The van der Waals surface area contributed by atoms with Crippen molar-refractivity contribution in [1.29, 1.82) is 0 Å². The monoisotopic (exact) mass is 348 g/mol. The zero-order chi connectivity index (χ0) is 9.78. The zero-order valence-electron chi connectivity index (χ0n) is 8.55. The molecule has 0 aromatic heterocycles. The molecule has 2 rings (SSSR count). The maximum atomic E-state index is 3.49. The molecule has 0 aromatic rings. The number of rotatable bonds is 0. The molecule has 0 N–H and O–H groups in total. The van der Waals surface area contributed by atoms with Crippen molar-refractivity contribution in [3.63, 3.8) is 0 Å². The molecule has 0 unspecified atom stereocenters. The molecular weight excluding hydrogens is 331 g/mol. The van der Waals surface area contributed by atoms with Gasteiger partial charge in [-0.05, 0) is 0 Å². The Morgan fingerprint density at radius 1 is 1.07 bits per heavy atom. The van der Waals surface area contributed by atoms with Crippen LogP contribution in [0, 0.1) is 56.0 Å². The van der Waals surface area contributed by atoms with Crippen molar-refractivity contribution in [3.05, 3.63) is 55.5 Å². The van der Waals surface area contributed by atoms with Crippen LogP contribution in [0.1, 0.15) is 26.2 Å². The summed E-state index contributed by atoms with van der Waals surface area (Å²) in [6, 6.07) is 0. The molecular formula is C13H17Lu. The van der Waals surface area contributed by atoms with E-state index in [0.29, 0.717) is 0 Å². The Kier molecular flexibility index (Phi) is 18.6. The molecule has 0 spiro atoms. The fourth-order valence-corrected chi connectivity index (χ4v) is 0.680. The molecule has 0 nitrogen and oxygen atoms in total. The third kappa shape index (κ3) is 14.7. The summed E-state index contributed by atoms with van der Waals surface area (Å²) in [6.45, 7) is 5.50.